The summed E-state index contributed by atoms with van der Waals surface area (Å²) in [5.41, 5.74) is 1.04. The predicted octanol–water partition coefficient (Wildman–Crippen LogP) is 1.54. The molecule has 19 heavy (non-hydrogen) atoms. The van der Waals surface area contributed by atoms with Crippen molar-refractivity contribution in [2.45, 2.75) is 13.0 Å². The van der Waals surface area contributed by atoms with Crippen LogP contribution in [-0.4, -0.2) is 22.1 Å². The molecule has 1 atom stereocenters. The standard InChI is InChI=1S/C13H12N2O4/c1-8-7-10(19-15-8)12(16)14-11(13(17)18)9-5-3-2-4-6-9/h2-7,11H,1H3,(H,14,16)(H,17,18)/t11-/m1/s1. The number of hydrogen-bond donors (Lipinski definition) is 2. The lowest BCUT2D eigenvalue weighted by Gasteiger charge is -2.13. The topological polar surface area (TPSA) is 92.4 Å². The molecule has 0 unspecified atom stereocenters. The van der Waals surface area contributed by atoms with Gasteiger partial charge in [0.25, 0.3) is 5.91 Å². The maximum Gasteiger partial charge on any atom is 0.330 e. The molecule has 1 amide bonds. The average molecular weight is 260 g/mol. The molecule has 6 heteroatoms. The molecule has 0 saturated heterocycles. The Labute approximate surface area is 109 Å². The van der Waals surface area contributed by atoms with E-state index in [1.54, 1.807) is 37.3 Å². The molecule has 0 fully saturated rings. The number of nitrogens with one attached hydrogen (secondary N) is 1. The van der Waals surface area contributed by atoms with Crippen molar-refractivity contribution in [3.8, 4) is 0 Å². The van der Waals surface area contributed by atoms with Gasteiger partial charge in [0.1, 0.15) is 0 Å². The quantitative estimate of drug-likeness (QED) is 0.869. The number of carboxylic acid groups (broad SMARTS) is 1. The van der Waals surface area contributed by atoms with Gasteiger partial charge >= 0.3 is 5.97 Å². The Balaban J connectivity index is 2.18. The number of carbonyl (C=O) groups excluding carboxylic acids is 1. The fourth-order valence-corrected chi connectivity index (χ4v) is 1.61. The largest absolute Gasteiger partial charge is 0.479 e. The molecule has 6 nitrogen and oxygen atoms in total. The van der Waals surface area contributed by atoms with Crippen LogP contribution in [0.15, 0.2) is 40.9 Å². The maximum absolute atomic E-state index is 11.8. The number of hydrogen-bond acceptors (Lipinski definition) is 4. The van der Waals surface area contributed by atoms with Gasteiger partial charge in [-0.1, -0.05) is 35.5 Å². The zero-order chi connectivity index (χ0) is 13.8. The van der Waals surface area contributed by atoms with Gasteiger partial charge in [-0.05, 0) is 12.5 Å². The van der Waals surface area contributed by atoms with Crippen LogP contribution in [0.3, 0.4) is 0 Å². The Bertz CT molecular complexity index is 592. The molecule has 0 bridgehead atoms. The number of carboxylic acids is 1. The molecule has 0 radical (unpaired) electrons. The number of aliphatic carboxylic acids is 1. The summed E-state index contributed by atoms with van der Waals surface area (Å²) < 4.78 is 4.79. The van der Waals surface area contributed by atoms with Gasteiger partial charge in [-0.25, -0.2) is 4.79 Å². The third kappa shape index (κ3) is 2.98. The number of nitrogens with zero attached hydrogens (tertiary/aromatic N) is 1. The Kier molecular flexibility index (Phi) is 3.61. The molecule has 0 saturated carbocycles. The molecule has 2 aromatic rings. The van der Waals surface area contributed by atoms with Crippen LogP contribution in [-0.2, 0) is 4.79 Å². The van der Waals surface area contributed by atoms with Crippen LogP contribution in [0.2, 0.25) is 0 Å². The molecule has 0 aliphatic rings. The average Bonchev–Trinajstić information content (AvgIpc) is 2.83. The third-order valence-electron chi connectivity index (χ3n) is 2.51. The Morgan fingerprint density at radius 1 is 1.32 bits per heavy atom. The predicted molar refractivity (Wildman–Crippen MR) is 65.5 cm³/mol. The lowest BCUT2D eigenvalue weighted by molar-refractivity contribution is -0.139. The van der Waals surface area contributed by atoms with E-state index in [-0.39, 0.29) is 5.76 Å². The normalized spacial score (nSPS) is 11.8. The first-order chi connectivity index (χ1) is 9.08. The first-order valence-corrected chi connectivity index (χ1v) is 5.60. The molecular formula is C13H12N2O4. The highest BCUT2D eigenvalue weighted by Crippen LogP contribution is 2.14. The molecule has 1 aromatic heterocycles. The third-order valence-corrected chi connectivity index (χ3v) is 2.51. The van der Waals surface area contributed by atoms with Crippen LogP contribution < -0.4 is 5.32 Å². The number of aryl methyl sites for hydroxylation is 1. The summed E-state index contributed by atoms with van der Waals surface area (Å²) in [6.07, 6.45) is 0. The first-order valence-electron chi connectivity index (χ1n) is 5.60. The van der Waals surface area contributed by atoms with E-state index in [1.807, 2.05) is 0 Å². The van der Waals surface area contributed by atoms with Gasteiger partial charge in [0, 0.05) is 6.07 Å². The second-order valence-electron chi connectivity index (χ2n) is 3.99. The van der Waals surface area contributed by atoms with Crippen molar-refractivity contribution in [1.82, 2.24) is 10.5 Å². The van der Waals surface area contributed by atoms with Crippen molar-refractivity contribution in [3.63, 3.8) is 0 Å². The lowest BCUT2D eigenvalue weighted by atomic mass is 10.1. The summed E-state index contributed by atoms with van der Waals surface area (Å²) in [7, 11) is 0. The van der Waals surface area contributed by atoms with E-state index in [1.165, 1.54) is 6.07 Å². The maximum atomic E-state index is 11.8. The van der Waals surface area contributed by atoms with Crippen LogP contribution in [0.5, 0.6) is 0 Å². The molecule has 0 aliphatic carbocycles. The zero-order valence-electron chi connectivity index (χ0n) is 10.2. The second kappa shape index (κ2) is 5.34. The van der Waals surface area contributed by atoms with E-state index >= 15 is 0 Å². The van der Waals surface area contributed by atoms with Crippen molar-refractivity contribution in [1.29, 1.82) is 0 Å². The van der Waals surface area contributed by atoms with Crippen LogP contribution in [0.1, 0.15) is 27.9 Å². The number of aromatic nitrogens is 1. The van der Waals surface area contributed by atoms with E-state index in [2.05, 4.69) is 10.5 Å². The van der Waals surface area contributed by atoms with Gasteiger partial charge in [-0.15, -0.1) is 0 Å². The highest BCUT2D eigenvalue weighted by atomic mass is 16.5. The number of carbonyl (C=O) groups is 2. The van der Waals surface area contributed by atoms with Gasteiger partial charge in [0.2, 0.25) is 5.76 Å². The van der Waals surface area contributed by atoms with E-state index in [9.17, 15) is 9.59 Å². The van der Waals surface area contributed by atoms with Crippen molar-refractivity contribution in [2.75, 3.05) is 0 Å². The van der Waals surface area contributed by atoms with Crippen LogP contribution in [0.25, 0.3) is 0 Å². The smallest absolute Gasteiger partial charge is 0.330 e. The molecule has 1 aromatic carbocycles. The molecule has 2 rings (SSSR count). The molecular weight excluding hydrogens is 248 g/mol. The molecule has 0 spiro atoms. The first kappa shape index (κ1) is 12.8. The minimum absolute atomic E-state index is 0.0142. The summed E-state index contributed by atoms with van der Waals surface area (Å²) >= 11 is 0. The van der Waals surface area contributed by atoms with E-state index in [4.69, 9.17) is 9.63 Å². The van der Waals surface area contributed by atoms with Gasteiger partial charge < -0.3 is 14.9 Å². The minimum Gasteiger partial charge on any atom is -0.479 e. The zero-order valence-corrected chi connectivity index (χ0v) is 10.2. The van der Waals surface area contributed by atoms with Crippen molar-refractivity contribution < 1.29 is 19.2 Å². The highest BCUT2D eigenvalue weighted by Gasteiger charge is 2.24. The van der Waals surface area contributed by atoms with Gasteiger partial charge in [-0.3, -0.25) is 4.79 Å². The van der Waals surface area contributed by atoms with E-state index < -0.39 is 17.9 Å². The highest BCUT2D eigenvalue weighted by molar-refractivity contribution is 5.94. The Hall–Kier alpha value is -2.63. The van der Waals surface area contributed by atoms with Crippen molar-refractivity contribution in [3.05, 3.63) is 53.4 Å². The Morgan fingerprint density at radius 3 is 2.53 bits per heavy atom. The number of rotatable bonds is 4. The minimum atomic E-state index is -1.14. The second-order valence-corrected chi connectivity index (χ2v) is 3.99. The van der Waals surface area contributed by atoms with Gasteiger partial charge in [0.15, 0.2) is 6.04 Å². The van der Waals surface area contributed by atoms with Crippen molar-refractivity contribution in [2.24, 2.45) is 0 Å². The fraction of sp³-hybridized carbons (Fsp3) is 0.154. The van der Waals surface area contributed by atoms with Gasteiger partial charge in [-0.2, -0.15) is 0 Å². The van der Waals surface area contributed by atoms with Crippen LogP contribution in [0.4, 0.5) is 0 Å². The fourth-order valence-electron chi connectivity index (χ4n) is 1.61. The monoisotopic (exact) mass is 260 g/mol. The summed E-state index contributed by atoms with van der Waals surface area (Å²) in [5.74, 6) is -1.77. The molecule has 0 aliphatic heterocycles. The summed E-state index contributed by atoms with van der Waals surface area (Å²) in [6, 6.07) is 8.75. The lowest BCUT2D eigenvalue weighted by Crippen LogP contribution is -2.33. The summed E-state index contributed by atoms with van der Waals surface area (Å²) in [4.78, 5) is 23.0. The van der Waals surface area contributed by atoms with Crippen LogP contribution in [0, 0.1) is 6.92 Å². The molecule has 98 valence electrons. The summed E-state index contributed by atoms with van der Waals surface area (Å²) in [5, 5.41) is 15.1. The van der Waals surface area contributed by atoms with E-state index in [0.29, 0.717) is 11.3 Å². The van der Waals surface area contributed by atoms with Gasteiger partial charge in [0.05, 0.1) is 5.69 Å². The molecule has 1 heterocycles. The number of benzene rings is 1. The summed E-state index contributed by atoms with van der Waals surface area (Å²) in [6.45, 7) is 1.67. The Morgan fingerprint density at radius 2 is 2.00 bits per heavy atom. The van der Waals surface area contributed by atoms with Crippen LogP contribution >= 0.6 is 0 Å². The number of amides is 1. The van der Waals surface area contributed by atoms with Crippen molar-refractivity contribution >= 4 is 11.9 Å². The molecule has 2 N–H and O–H groups in total. The SMILES string of the molecule is Cc1cc(C(=O)N[C@@H](C(=O)O)c2ccccc2)on1. The van der Waals surface area contributed by atoms with E-state index in [0.717, 1.165) is 0 Å².